The minimum absolute atomic E-state index is 0.643. The van der Waals surface area contributed by atoms with Crippen LogP contribution in [0.25, 0.3) is 0 Å². The Labute approximate surface area is 73.0 Å². The van der Waals surface area contributed by atoms with Crippen LogP contribution in [-0.4, -0.2) is 18.0 Å². The SMILES string of the molecule is NCc1ccc(CN2CC2)cc1. The van der Waals surface area contributed by atoms with E-state index < -0.39 is 0 Å². The van der Waals surface area contributed by atoms with Crippen LogP contribution in [0.5, 0.6) is 0 Å². The second-order valence-corrected chi connectivity index (χ2v) is 3.30. The summed E-state index contributed by atoms with van der Waals surface area (Å²) >= 11 is 0. The lowest BCUT2D eigenvalue weighted by atomic mass is 10.1. The first-order chi connectivity index (χ1) is 5.88. The summed E-state index contributed by atoms with van der Waals surface area (Å²) < 4.78 is 0. The van der Waals surface area contributed by atoms with E-state index in [1.807, 2.05) is 0 Å². The summed E-state index contributed by atoms with van der Waals surface area (Å²) in [7, 11) is 0. The van der Waals surface area contributed by atoms with Crippen molar-refractivity contribution in [2.24, 2.45) is 5.73 Å². The van der Waals surface area contributed by atoms with Gasteiger partial charge in [0, 0.05) is 26.2 Å². The fraction of sp³-hybridized carbons (Fsp3) is 0.400. The molecule has 2 rings (SSSR count). The Balaban J connectivity index is 2.02. The van der Waals surface area contributed by atoms with E-state index in [0.717, 1.165) is 6.54 Å². The number of hydrogen-bond acceptors (Lipinski definition) is 2. The lowest BCUT2D eigenvalue weighted by Gasteiger charge is -2.02. The van der Waals surface area contributed by atoms with Crippen molar-refractivity contribution < 1.29 is 0 Å². The molecule has 2 N–H and O–H groups in total. The lowest BCUT2D eigenvalue weighted by molar-refractivity contribution is 0.556. The Morgan fingerprint density at radius 1 is 1.08 bits per heavy atom. The Morgan fingerprint density at radius 3 is 2.17 bits per heavy atom. The van der Waals surface area contributed by atoms with Gasteiger partial charge in [-0.3, -0.25) is 4.90 Å². The van der Waals surface area contributed by atoms with Crippen LogP contribution >= 0.6 is 0 Å². The third kappa shape index (κ3) is 1.84. The van der Waals surface area contributed by atoms with Gasteiger partial charge in [0.2, 0.25) is 0 Å². The van der Waals surface area contributed by atoms with E-state index >= 15 is 0 Å². The molecule has 1 aliphatic heterocycles. The second kappa shape index (κ2) is 3.25. The molecule has 2 heteroatoms. The Morgan fingerprint density at radius 2 is 1.67 bits per heavy atom. The quantitative estimate of drug-likeness (QED) is 0.671. The van der Waals surface area contributed by atoms with Crippen LogP contribution in [-0.2, 0) is 13.1 Å². The number of nitrogens with two attached hydrogens (primary N) is 1. The fourth-order valence-corrected chi connectivity index (χ4v) is 1.27. The van der Waals surface area contributed by atoms with Gasteiger partial charge in [0.05, 0.1) is 0 Å². The van der Waals surface area contributed by atoms with E-state index in [-0.39, 0.29) is 0 Å². The normalized spacial score (nSPS) is 16.4. The highest BCUT2D eigenvalue weighted by molar-refractivity contribution is 5.22. The summed E-state index contributed by atoms with van der Waals surface area (Å²) in [6.45, 7) is 4.27. The third-order valence-corrected chi connectivity index (χ3v) is 2.20. The molecular formula is C10H14N2. The average molecular weight is 162 g/mol. The molecule has 2 nitrogen and oxygen atoms in total. The van der Waals surface area contributed by atoms with E-state index in [1.54, 1.807) is 0 Å². The van der Waals surface area contributed by atoms with Crippen molar-refractivity contribution >= 4 is 0 Å². The average Bonchev–Trinajstić information content (AvgIpc) is 2.90. The van der Waals surface area contributed by atoms with Gasteiger partial charge < -0.3 is 5.73 Å². The molecule has 0 aromatic heterocycles. The molecular weight excluding hydrogens is 148 g/mol. The molecule has 1 fully saturated rings. The van der Waals surface area contributed by atoms with Gasteiger partial charge in [-0.2, -0.15) is 0 Å². The molecule has 1 heterocycles. The molecule has 1 saturated heterocycles. The molecule has 1 aromatic rings. The van der Waals surface area contributed by atoms with Crippen LogP contribution in [0, 0.1) is 0 Å². The number of hydrogen-bond donors (Lipinski definition) is 1. The molecule has 1 aliphatic rings. The van der Waals surface area contributed by atoms with Crippen molar-refractivity contribution in [3.8, 4) is 0 Å². The van der Waals surface area contributed by atoms with Crippen LogP contribution in [0.15, 0.2) is 24.3 Å². The van der Waals surface area contributed by atoms with Crippen LogP contribution in [0.2, 0.25) is 0 Å². The van der Waals surface area contributed by atoms with Gasteiger partial charge in [-0.25, -0.2) is 0 Å². The van der Waals surface area contributed by atoms with Crippen LogP contribution < -0.4 is 5.73 Å². The fourth-order valence-electron chi connectivity index (χ4n) is 1.27. The summed E-state index contributed by atoms with van der Waals surface area (Å²) in [5.74, 6) is 0. The van der Waals surface area contributed by atoms with E-state index in [1.165, 1.54) is 24.2 Å². The smallest absolute Gasteiger partial charge is 0.0234 e. The van der Waals surface area contributed by atoms with Crippen molar-refractivity contribution in [2.45, 2.75) is 13.1 Å². The molecule has 0 bridgehead atoms. The molecule has 0 amide bonds. The highest BCUT2D eigenvalue weighted by atomic mass is 15.2. The predicted molar refractivity (Wildman–Crippen MR) is 49.6 cm³/mol. The molecule has 0 radical (unpaired) electrons. The van der Waals surface area contributed by atoms with E-state index in [4.69, 9.17) is 5.73 Å². The minimum Gasteiger partial charge on any atom is -0.326 e. The molecule has 0 atom stereocenters. The van der Waals surface area contributed by atoms with E-state index in [0.29, 0.717) is 6.54 Å². The molecule has 1 aromatic carbocycles. The van der Waals surface area contributed by atoms with Crippen LogP contribution in [0.3, 0.4) is 0 Å². The molecule has 64 valence electrons. The monoisotopic (exact) mass is 162 g/mol. The molecule has 12 heavy (non-hydrogen) atoms. The van der Waals surface area contributed by atoms with Gasteiger partial charge in [0.15, 0.2) is 0 Å². The zero-order chi connectivity index (χ0) is 8.39. The summed E-state index contributed by atoms with van der Waals surface area (Å²) in [5.41, 5.74) is 8.11. The molecule has 0 saturated carbocycles. The molecule has 0 spiro atoms. The maximum atomic E-state index is 5.50. The topological polar surface area (TPSA) is 29.0 Å². The summed E-state index contributed by atoms with van der Waals surface area (Å²) in [6.07, 6.45) is 0. The standard InChI is InChI=1S/C10H14N2/c11-7-9-1-3-10(4-2-9)8-12-5-6-12/h1-4H,5-8,11H2. The van der Waals surface area contributed by atoms with E-state index in [2.05, 4.69) is 29.2 Å². The van der Waals surface area contributed by atoms with Gasteiger partial charge >= 0.3 is 0 Å². The third-order valence-electron chi connectivity index (χ3n) is 2.20. The second-order valence-electron chi connectivity index (χ2n) is 3.30. The van der Waals surface area contributed by atoms with Crippen molar-refractivity contribution in [2.75, 3.05) is 13.1 Å². The van der Waals surface area contributed by atoms with Crippen molar-refractivity contribution in [3.63, 3.8) is 0 Å². The van der Waals surface area contributed by atoms with Crippen molar-refractivity contribution in [1.82, 2.24) is 4.90 Å². The van der Waals surface area contributed by atoms with Crippen LogP contribution in [0.4, 0.5) is 0 Å². The maximum Gasteiger partial charge on any atom is 0.0234 e. The first-order valence-corrected chi connectivity index (χ1v) is 4.39. The van der Waals surface area contributed by atoms with Crippen molar-refractivity contribution in [1.29, 1.82) is 0 Å². The number of rotatable bonds is 3. The first kappa shape index (κ1) is 7.77. The molecule has 0 unspecified atom stereocenters. The maximum absolute atomic E-state index is 5.50. The molecule has 0 aliphatic carbocycles. The van der Waals surface area contributed by atoms with Gasteiger partial charge in [0.25, 0.3) is 0 Å². The van der Waals surface area contributed by atoms with Gasteiger partial charge in [0.1, 0.15) is 0 Å². The van der Waals surface area contributed by atoms with E-state index in [9.17, 15) is 0 Å². The van der Waals surface area contributed by atoms with Gasteiger partial charge in [-0.15, -0.1) is 0 Å². The van der Waals surface area contributed by atoms with Crippen molar-refractivity contribution in [3.05, 3.63) is 35.4 Å². The zero-order valence-corrected chi connectivity index (χ0v) is 7.16. The zero-order valence-electron chi connectivity index (χ0n) is 7.16. The first-order valence-electron chi connectivity index (χ1n) is 4.39. The Hall–Kier alpha value is -0.860. The summed E-state index contributed by atoms with van der Waals surface area (Å²) in [4.78, 5) is 2.40. The number of nitrogens with zero attached hydrogens (tertiary/aromatic N) is 1. The Kier molecular flexibility index (Phi) is 2.11. The Bertz CT molecular complexity index is 249. The van der Waals surface area contributed by atoms with Gasteiger partial charge in [-0.05, 0) is 11.1 Å². The largest absolute Gasteiger partial charge is 0.326 e. The summed E-state index contributed by atoms with van der Waals surface area (Å²) in [5, 5.41) is 0. The highest BCUT2D eigenvalue weighted by Crippen LogP contribution is 2.12. The minimum atomic E-state index is 0.643. The predicted octanol–water partition coefficient (Wildman–Crippen LogP) is 0.961. The van der Waals surface area contributed by atoms with Crippen LogP contribution in [0.1, 0.15) is 11.1 Å². The highest BCUT2D eigenvalue weighted by Gasteiger charge is 2.16. The number of benzene rings is 1. The lowest BCUT2D eigenvalue weighted by Crippen LogP contribution is -1.99. The summed E-state index contributed by atoms with van der Waals surface area (Å²) in [6, 6.07) is 8.55. The van der Waals surface area contributed by atoms with Gasteiger partial charge in [-0.1, -0.05) is 24.3 Å².